The number of rotatable bonds is 3. The Bertz CT molecular complexity index is 404. The maximum absolute atomic E-state index is 11.6. The predicted molar refractivity (Wildman–Crippen MR) is 64.7 cm³/mol. The molecule has 0 aliphatic heterocycles. The van der Waals surface area contributed by atoms with E-state index in [1.165, 1.54) is 5.57 Å². The number of ether oxygens (including phenoxy) is 1. The van der Waals surface area contributed by atoms with E-state index in [4.69, 9.17) is 4.74 Å². The largest absolute Gasteiger partial charge is 0.495 e. The first kappa shape index (κ1) is 12.0. The predicted octanol–water partition coefficient (Wildman–Crippen LogP) is 2.86. The zero-order valence-corrected chi connectivity index (χ0v) is 10.4. The van der Waals surface area contributed by atoms with Gasteiger partial charge < -0.3 is 4.74 Å². The van der Waals surface area contributed by atoms with Gasteiger partial charge in [-0.3, -0.25) is 4.21 Å². The van der Waals surface area contributed by atoms with Gasteiger partial charge in [-0.25, -0.2) is 0 Å². The van der Waals surface area contributed by atoms with Crippen LogP contribution in [0.2, 0.25) is 0 Å². The van der Waals surface area contributed by atoms with E-state index in [0.29, 0.717) is 5.75 Å². The summed E-state index contributed by atoms with van der Waals surface area (Å²) < 4.78 is 16.8. The molecule has 0 aliphatic rings. The Morgan fingerprint density at radius 3 is 2.53 bits per heavy atom. The van der Waals surface area contributed by atoms with E-state index >= 15 is 0 Å². The van der Waals surface area contributed by atoms with Crippen LogP contribution in [-0.4, -0.2) is 17.6 Å². The van der Waals surface area contributed by atoms with E-state index < -0.39 is 10.8 Å². The summed E-state index contributed by atoms with van der Waals surface area (Å²) in [6, 6.07) is 5.69. The first-order valence-electron chi connectivity index (χ1n) is 4.71. The van der Waals surface area contributed by atoms with Crippen LogP contribution >= 0.6 is 0 Å². The highest BCUT2D eigenvalue weighted by Crippen LogP contribution is 2.26. The van der Waals surface area contributed by atoms with Crippen LogP contribution in [0.4, 0.5) is 0 Å². The summed E-state index contributed by atoms with van der Waals surface area (Å²) in [5, 5.41) is 0. The van der Waals surface area contributed by atoms with Gasteiger partial charge in [0.2, 0.25) is 0 Å². The van der Waals surface area contributed by atoms with Gasteiger partial charge in [0, 0.05) is 6.26 Å². The molecule has 1 unspecified atom stereocenters. The maximum atomic E-state index is 11.6. The molecule has 3 heteroatoms. The molecule has 15 heavy (non-hydrogen) atoms. The average molecular weight is 224 g/mol. The minimum Gasteiger partial charge on any atom is -0.495 e. The molecule has 1 atom stereocenters. The molecule has 0 saturated carbocycles. The van der Waals surface area contributed by atoms with Crippen molar-refractivity contribution >= 4 is 16.9 Å². The third kappa shape index (κ3) is 2.93. The van der Waals surface area contributed by atoms with Crippen molar-refractivity contribution in [1.82, 2.24) is 0 Å². The second-order valence-corrected chi connectivity index (χ2v) is 4.87. The van der Waals surface area contributed by atoms with E-state index in [0.717, 1.165) is 10.5 Å². The fourth-order valence-electron chi connectivity index (χ4n) is 1.43. The third-order valence-electron chi connectivity index (χ3n) is 1.96. The second kappa shape index (κ2) is 5.12. The summed E-state index contributed by atoms with van der Waals surface area (Å²) in [4.78, 5) is 0.765. The average Bonchev–Trinajstić information content (AvgIpc) is 2.15. The molecule has 0 bridgehead atoms. The molecule has 1 rings (SSSR count). The van der Waals surface area contributed by atoms with Gasteiger partial charge in [-0.1, -0.05) is 23.8 Å². The van der Waals surface area contributed by atoms with Crippen molar-refractivity contribution in [2.45, 2.75) is 18.7 Å². The Labute approximate surface area is 93.4 Å². The molecular weight excluding hydrogens is 208 g/mol. The molecule has 0 saturated heterocycles. The van der Waals surface area contributed by atoms with Crippen LogP contribution < -0.4 is 4.74 Å². The summed E-state index contributed by atoms with van der Waals surface area (Å²) in [5.41, 5.74) is 2.14. The first-order valence-corrected chi connectivity index (χ1v) is 6.27. The quantitative estimate of drug-likeness (QED) is 0.789. The summed E-state index contributed by atoms with van der Waals surface area (Å²) in [7, 11) is 0.557. The number of hydrogen-bond donors (Lipinski definition) is 0. The highest BCUT2D eigenvalue weighted by molar-refractivity contribution is 7.84. The van der Waals surface area contributed by atoms with Crippen LogP contribution in [-0.2, 0) is 10.8 Å². The standard InChI is InChI=1S/C12H16O2S/c1-9(2)8-10-6-5-7-11(14-3)12(10)15(4)13/h5-8H,1-4H3. The smallest absolute Gasteiger partial charge is 0.135 e. The molecule has 2 nitrogen and oxygen atoms in total. The van der Waals surface area contributed by atoms with E-state index in [1.807, 2.05) is 38.1 Å². The molecule has 1 aromatic rings. The molecule has 0 fully saturated rings. The Kier molecular flexibility index (Phi) is 4.09. The van der Waals surface area contributed by atoms with Crippen molar-refractivity contribution < 1.29 is 8.95 Å². The molecule has 1 aromatic carbocycles. The lowest BCUT2D eigenvalue weighted by Gasteiger charge is -2.09. The van der Waals surface area contributed by atoms with Crippen LogP contribution in [0.3, 0.4) is 0 Å². The van der Waals surface area contributed by atoms with Gasteiger partial charge in [-0.15, -0.1) is 0 Å². The molecule has 0 amide bonds. The summed E-state index contributed by atoms with van der Waals surface area (Å²) in [5.74, 6) is 0.686. The molecule has 0 N–H and O–H groups in total. The Hall–Kier alpha value is -1.09. The van der Waals surface area contributed by atoms with Gasteiger partial charge in [-0.2, -0.15) is 0 Å². The van der Waals surface area contributed by atoms with Crippen molar-refractivity contribution in [2.75, 3.05) is 13.4 Å². The van der Waals surface area contributed by atoms with E-state index in [2.05, 4.69) is 0 Å². The van der Waals surface area contributed by atoms with Crippen LogP contribution in [0, 0.1) is 0 Å². The van der Waals surface area contributed by atoms with E-state index in [9.17, 15) is 4.21 Å². The first-order chi connectivity index (χ1) is 7.06. The minimum atomic E-state index is -1.04. The van der Waals surface area contributed by atoms with Gasteiger partial charge >= 0.3 is 0 Å². The normalized spacial score (nSPS) is 12.0. The SMILES string of the molecule is COc1cccc(C=C(C)C)c1S(C)=O. The van der Waals surface area contributed by atoms with Gasteiger partial charge in [0.15, 0.2) is 0 Å². The fourth-order valence-corrected chi connectivity index (χ4v) is 2.32. The van der Waals surface area contributed by atoms with Gasteiger partial charge in [0.05, 0.1) is 22.8 Å². The highest BCUT2D eigenvalue weighted by Gasteiger charge is 2.10. The van der Waals surface area contributed by atoms with Crippen molar-refractivity contribution in [3.05, 3.63) is 29.3 Å². The molecule has 0 aliphatic carbocycles. The topological polar surface area (TPSA) is 26.3 Å². The van der Waals surface area contributed by atoms with Gasteiger partial charge in [0.25, 0.3) is 0 Å². The van der Waals surface area contributed by atoms with Crippen LogP contribution in [0.1, 0.15) is 19.4 Å². The van der Waals surface area contributed by atoms with Crippen molar-refractivity contribution in [3.8, 4) is 5.75 Å². The molecule has 0 heterocycles. The second-order valence-electron chi connectivity index (χ2n) is 3.55. The van der Waals surface area contributed by atoms with Crippen LogP contribution in [0.25, 0.3) is 6.08 Å². The van der Waals surface area contributed by atoms with Crippen molar-refractivity contribution in [1.29, 1.82) is 0 Å². The number of allylic oxidation sites excluding steroid dienone is 1. The summed E-state index contributed by atoms with van der Waals surface area (Å²) >= 11 is 0. The molecule has 82 valence electrons. The lowest BCUT2D eigenvalue weighted by molar-refractivity contribution is 0.404. The van der Waals surface area contributed by atoms with Gasteiger partial charge in [0.1, 0.15) is 5.75 Å². The van der Waals surface area contributed by atoms with E-state index in [1.54, 1.807) is 13.4 Å². The molecule has 0 spiro atoms. The maximum Gasteiger partial charge on any atom is 0.135 e. The fraction of sp³-hybridized carbons (Fsp3) is 0.333. The lowest BCUT2D eigenvalue weighted by atomic mass is 10.1. The number of hydrogen-bond acceptors (Lipinski definition) is 2. The van der Waals surface area contributed by atoms with Crippen LogP contribution in [0.5, 0.6) is 5.75 Å². The number of benzene rings is 1. The van der Waals surface area contributed by atoms with Gasteiger partial charge in [-0.05, 0) is 25.5 Å². The summed E-state index contributed by atoms with van der Waals surface area (Å²) in [6.07, 6.45) is 3.68. The zero-order valence-electron chi connectivity index (χ0n) is 9.53. The Morgan fingerprint density at radius 2 is 2.07 bits per heavy atom. The van der Waals surface area contributed by atoms with Crippen LogP contribution in [0.15, 0.2) is 28.7 Å². The third-order valence-corrected chi connectivity index (χ3v) is 2.97. The minimum absolute atomic E-state index is 0.686. The Balaban J connectivity index is 3.38. The van der Waals surface area contributed by atoms with Crippen molar-refractivity contribution in [2.24, 2.45) is 0 Å². The number of methoxy groups -OCH3 is 1. The highest BCUT2D eigenvalue weighted by atomic mass is 32.2. The molecular formula is C12H16O2S. The summed E-state index contributed by atoms with van der Waals surface area (Å²) in [6.45, 7) is 4.03. The molecule has 0 radical (unpaired) electrons. The molecule has 0 aromatic heterocycles. The zero-order chi connectivity index (χ0) is 11.4. The lowest BCUT2D eigenvalue weighted by Crippen LogP contribution is -1.97. The monoisotopic (exact) mass is 224 g/mol. The van der Waals surface area contributed by atoms with E-state index in [-0.39, 0.29) is 0 Å². The van der Waals surface area contributed by atoms with Crippen molar-refractivity contribution in [3.63, 3.8) is 0 Å². The Morgan fingerprint density at radius 1 is 1.40 bits per heavy atom.